The summed E-state index contributed by atoms with van der Waals surface area (Å²) in [6.45, 7) is 1.88. The number of amides is 1. The van der Waals surface area contributed by atoms with Gasteiger partial charge in [0.05, 0.1) is 12.8 Å². The van der Waals surface area contributed by atoms with E-state index in [4.69, 9.17) is 16.3 Å². The van der Waals surface area contributed by atoms with Gasteiger partial charge in [0.25, 0.3) is 0 Å². The third kappa shape index (κ3) is 2.96. The van der Waals surface area contributed by atoms with Gasteiger partial charge >= 0.3 is 0 Å². The number of tetrazole rings is 1. The van der Waals surface area contributed by atoms with E-state index in [1.54, 1.807) is 13.2 Å². The lowest BCUT2D eigenvalue weighted by Crippen LogP contribution is -2.43. The Kier molecular flexibility index (Phi) is 4.71. The van der Waals surface area contributed by atoms with Crippen LogP contribution in [0.25, 0.3) is 0 Å². The average Bonchev–Trinajstić information content (AvgIpc) is 3.13. The number of methoxy groups -OCH3 is 1. The van der Waals surface area contributed by atoms with Gasteiger partial charge in [-0.1, -0.05) is 36.1 Å². The van der Waals surface area contributed by atoms with Crippen molar-refractivity contribution < 1.29 is 9.53 Å². The normalized spacial score (nSPS) is 16.6. The van der Waals surface area contributed by atoms with Crippen molar-refractivity contribution in [3.63, 3.8) is 0 Å². The van der Waals surface area contributed by atoms with Crippen LogP contribution in [-0.4, -0.2) is 33.6 Å². The van der Waals surface area contributed by atoms with Crippen LogP contribution in [0.4, 0.5) is 5.69 Å². The third-order valence-corrected chi connectivity index (χ3v) is 5.05. The molecule has 1 aromatic carbocycles. The first kappa shape index (κ1) is 16.7. The number of carbonyl (C=O) groups is 1. The maximum absolute atomic E-state index is 13.1. The zero-order chi connectivity index (χ0) is 17.2. The third-order valence-electron chi connectivity index (χ3n) is 4.64. The lowest BCUT2D eigenvalue weighted by molar-refractivity contribution is -0.123. The molecule has 0 unspecified atom stereocenters. The van der Waals surface area contributed by atoms with Crippen molar-refractivity contribution in [3.8, 4) is 5.75 Å². The number of aryl methyl sites for hydroxylation is 1. The second kappa shape index (κ2) is 6.76. The minimum atomic E-state index is -0.760. The first-order valence-electron chi connectivity index (χ1n) is 7.96. The molecule has 7 nitrogen and oxygen atoms in total. The number of H-pyrrole nitrogens is 1. The average molecular weight is 350 g/mol. The molecule has 2 N–H and O–H groups in total. The number of hydrogen-bond acceptors (Lipinski definition) is 5. The van der Waals surface area contributed by atoms with Crippen LogP contribution in [0.3, 0.4) is 0 Å². The minimum Gasteiger partial charge on any atom is -0.495 e. The molecule has 3 rings (SSSR count). The van der Waals surface area contributed by atoms with Gasteiger partial charge in [0, 0.05) is 11.1 Å². The molecule has 2 aromatic rings. The molecule has 0 atom stereocenters. The fourth-order valence-electron chi connectivity index (χ4n) is 3.24. The molecule has 128 valence electrons. The fraction of sp³-hybridized carbons (Fsp3) is 0.500. The van der Waals surface area contributed by atoms with Crippen LogP contribution in [0.1, 0.15) is 43.5 Å². The first-order chi connectivity index (χ1) is 11.6. The number of halogens is 1. The van der Waals surface area contributed by atoms with Gasteiger partial charge in [-0.3, -0.25) is 4.79 Å². The first-order valence-corrected chi connectivity index (χ1v) is 8.34. The second-order valence-electron chi connectivity index (χ2n) is 6.13. The monoisotopic (exact) mass is 349 g/mol. The van der Waals surface area contributed by atoms with Crippen LogP contribution < -0.4 is 10.1 Å². The van der Waals surface area contributed by atoms with Gasteiger partial charge in [-0.2, -0.15) is 5.21 Å². The molecule has 1 fully saturated rings. The van der Waals surface area contributed by atoms with Crippen LogP contribution in [0.5, 0.6) is 5.75 Å². The quantitative estimate of drug-likeness (QED) is 0.885. The van der Waals surface area contributed by atoms with Crippen molar-refractivity contribution in [2.75, 3.05) is 12.4 Å². The Bertz CT molecular complexity index is 726. The molecule has 1 aromatic heterocycles. The molecule has 0 bridgehead atoms. The second-order valence-corrected chi connectivity index (χ2v) is 6.54. The van der Waals surface area contributed by atoms with E-state index in [-0.39, 0.29) is 5.91 Å². The van der Waals surface area contributed by atoms with E-state index in [2.05, 4.69) is 25.9 Å². The van der Waals surface area contributed by atoms with Gasteiger partial charge in [-0.25, -0.2) is 0 Å². The molecule has 0 radical (unpaired) electrons. The largest absolute Gasteiger partial charge is 0.495 e. The Balaban J connectivity index is 1.94. The number of nitrogens with one attached hydrogen (secondary N) is 2. The summed E-state index contributed by atoms with van der Waals surface area (Å²) in [5.74, 6) is 0.839. The van der Waals surface area contributed by atoms with Gasteiger partial charge in [-0.05, 0) is 31.4 Å². The van der Waals surface area contributed by atoms with E-state index in [0.29, 0.717) is 35.1 Å². The molecule has 0 aliphatic heterocycles. The fourth-order valence-corrected chi connectivity index (χ4v) is 3.40. The van der Waals surface area contributed by atoms with Crippen molar-refractivity contribution in [1.82, 2.24) is 20.6 Å². The molecule has 1 heterocycles. The van der Waals surface area contributed by atoms with E-state index < -0.39 is 5.41 Å². The molecule has 1 saturated carbocycles. The van der Waals surface area contributed by atoms with Crippen LogP contribution in [0, 0.1) is 6.92 Å². The van der Waals surface area contributed by atoms with Crippen molar-refractivity contribution in [1.29, 1.82) is 0 Å². The molecule has 1 aliphatic rings. The Labute approximate surface area is 145 Å². The topological polar surface area (TPSA) is 92.8 Å². The lowest BCUT2D eigenvalue weighted by atomic mass is 9.72. The molecule has 24 heavy (non-hydrogen) atoms. The van der Waals surface area contributed by atoms with Crippen LogP contribution >= 0.6 is 11.6 Å². The molecule has 1 aliphatic carbocycles. The van der Waals surface area contributed by atoms with Gasteiger partial charge in [-0.15, -0.1) is 10.2 Å². The number of aromatic amines is 1. The molecule has 8 heteroatoms. The number of nitrogens with zero attached hydrogens (tertiary/aromatic N) is 3. The Morgan fingerprint density at radius 1 is 1.33 bits per heavy atom. The summed E-state index contributed by atoms with van der Waals surface area (Å²) in [4.78, 5) is 13.1. The minimum absolute atomic E-state index is 0.136. The maximum atomic E-state index is 13.1. The van der Waals surface area contributed by atoms with Gasteiger partial charge in [0.2, 0.25) is 5.91 Å². The molecular formula is C16H20ClN5O2. The van der Waals surface area contributed by atoms with E-state index in [1.807, 2.05) is 13.0 Å². The van der Waals surface area contributed by atoms with Crippen molar-refractivity contribution in [2.45, 2.75) is 44.4 Å². The summed E-state index contributed by atoms with van der Waals surface area (Å²) in [5.41, 5.74) is 0.701. The summed E-state index contributed by atoms with van der Waals surface area (Å²) < 4.78 is 5.34. The predicted molar refractivity (Wildman–Crippen MR) is 90.3 cm³/mol. The Morgan fingerprint density at radius 2 is 2.08 bits per heavy atom. The maximum Gasteiger partial charge on any atom is 0.238 e. The smallest absolute Gasteiger partial charge is 0.238 e. The number of benzene rings is 1. The van der Waals surface area contributed by atoms with Crippen LogP contribution in [-0.2, 0) is 10.2 Å². The Morgan fingerprint density at radius 3 is 2.71 bits per heavy atom. The number of anilines is 1. The highest BCUT2D eigenvalue weighted by molar-refractivity contribution is 6.31. The number of rotatable bonds is 4. The molecule has 0 spiro atoms. The van der Waals surface area contributed by atoms with E-state index in [1.165, 1.54) is 0 Å². The van der Waals surface area contributed by atoms with Gasteiger partial charge < -0.3 is 10.1 Å². The zero-order valence-corrected chi connectivity index (χ0v) is 14.5. The summed E-state index contributed by atoms with van der Waals surface area (Å²) >= 11 is 6.13. The molecule has 1 amide bonds. The number of carbonyl (C=O) groups excluding carboxylic acids is 1. The van der Waals surface area contributed by atoms with E-state index in [9.17, 15) is 4.79 Å². The van der Waals surface area contributed by atoms with Gasteiger partial charge in [0.1, 0.15) is 11.2 Å². The highest BCUT2D eigenvalue weighted by atomic mass is 35.5. The van der Waals surface area contributed by atoms with Crippen molar-refractivity contribution in [2.24, 2.45) is 0 Å². The van der Waals surface area contributed by atoms with E-state index >= 15 is 0 Å². The number of ether oxygens (including phenoxy) is 1. The Hall–Kier alpha value is -2.15. The number of aromatic nitrogens is 4. The van der Waals surface area contributed by atoms with Crippen LogP contribution in [0.2, 0.25) is 5.02 Å². The van der Waals surface area contributed by atoms with E-state index in [0.717, 1.165) is 24.8 Å². The highest BCUT2D eigenvalue weighted by Crippen LogP contribution is 2.40. The summed E-state index contributed by atoms with van der Waals surface area (Å²) in [6.07, 6.45) is 4.42. The number of hydrogen-bond donors (Lipinski definition) is 2. The summed E-state index contributed by atoms with van der Waals surface area (Å²) in [5, 5.41) is 17.8. The molecular weight excluding hydrogens is 330 g/mol. The highest BCUT2D eigenvalue weighted by Gasteiger charge is 2.45. The standard InChI is InChI=1S/C16H20ClN5O2/c1-10-8-12(13(24-2)9-11(10)17)18-15(23)16(6-4-3-5-7-16)14-19-21-22-20-14/h8-9H,3-7H2,1-2H3,(H,18,23)(H,19,20,21,22). The van der Waals surface area contributed by atoms with Crippen LogP contribution in [0.15, 0.2) is 12.1 Å². The SMILES string of the molecule is COc1cc(Cl)c(C)cc1NC(=O)C1(c2nn[nH]n2)CCCCC1. The zero-order valence-electron chi connectivity index (χ0n) is 13.7. The lowest BCUT2D eigenvalue weighted by Gasteiger charge is -2.33. The predicted octanol–water partition coefficient (Wildman–Crippen LogP) is 3.01. The summed E-state index contributed by atoms with van der Waals surface area (Å²) in [7, 11) is 1.55. The molecule has 0 saturated heterocycles. The van der Waals surface area contributed by atoms with Gasteiger partial charge in [0.15, 0.2) is 5.82 Å². The van der Waals surface area contributed by atoms with Crippen molar-refractivity contribution in [3.05, 3.63) is 28.5 Å². The summed E-state index contributed by atoms with van der Waals surface area (Å²) in [6, 6.07) is 3.51. The van der Waals surface area contributed by atoms with Crippen molar-refractivity contribution >= 4 is 23.2 Å².